The number of hydrogen-bond donors (Lipinski definition) is 2. The van der Waals surface area contributed by atoms with Crippen LogP contribution in [0.25, 0.3) is 10.9 Å². The molecule has 0 amide bonds. The third-order valence-corrected chi connectivity index (χ3v) is 6.44. The van der Waals surface area contributed by atoms with Gasteiger partial charge in [0.1, 0.15) is 0 Å². The van der Waals surface area contributed by atoms with Gasteiger partial charge in [0.05, 0.1) is 22.5 Å². The number of nitrogens with one attached hydrogen (secondary N) is 1. The van der Waals surface area contributed by atoms with Gasteiger partial charge >= 0.3 is 5.97 Å². The van der Waals surface area contributed by atoms with Gasteiger partial charge in [-0.05, 0) is 55.8 Å². The van der Waals surface area contributed by atoms with Crippen LogP contribution in [-0.2, 0) is 7.05 Å². The molecule has 0 bridgehead atoms. The average Bonchev–Trinajstić information content (AvgIpc) is 3.39. The van der Waals surface area contributed by atoms with Crippen LogP contribution in [-0.4, -0.2) is 33.7 Å². The highest BCUT2D eigenvalue weighted by molar-refractivity contribution is 5.94. The first-order chi connectivity index (χ1) is 16.0. The molecule has 2 aromatic carbocycles. The van der Waals surface area contributed by atoms with Gasteiger partial charge in [-0.15, -0.1) is 0 Å². The summed E-state index contributed by atoms with van der Waals surface area (Å²) in [5, 5.41) is 13.0. The van der Waals surface area contributed by atoms with E-state index in [0.717, 1.165) is 13.1 Å². The number of aryl methyl sites for hydroxylation is 1. The Morgan fingerprint density at radius 3 is 2.74 bits per heavy atom. The van der Waals surface area contributed by atoms with Crippen LogP contribution in [0.1, 0.15) is 45.0 Å². The molecule has 2 heterocycles. The minimum absolute atomic E-state index is 0.0456. The monoisotopic (exact) mass is 421 g/mol. The van der Waals surface area contributed by atoms with Crippen molar-refractivity contribution in [2.45, 2.75) is 26.2 Å². The zero-order chi connectivity index (χ0) is 24.4. The second-order valence-corrected chi connectivity index (χ2v) is 8.62. The molecule has 3 aromatic rings. The van der Waals surface area contributed by atoms with E-state index in [0.29, 0.717) is 34.6 Å². The van der Waals surface area contributed by atoms with Gasteiger partial charge in [-0.25, -0.2) is 9.78 Å². The van der Waals surface area contributed by atoms with Crippen molar-refractivity contribution in [3.8, 4) is 0 Å². The van der Waals surface area contributed by atoms with E-state index in [1.165, 1.54) is 23.1 Å². The maximum absolute atomic E-state index is 13.4. The van der Waals surface area contributed by atoms with E-state index in [2.05, 4.69) is 10.2 Å². The van der Waals surface area contributed by atoms with Crippen molar-refractivity contribution in [2.75, 3.05) is 23.3 Å². The number of nitrogens with zero attached hydrogens (tertiary/aromatic N) is 3. The van der Waals surface area contributed by atoms with Crippen molar-refractivity contribution in [3.05, 3.63) is 63.4 Å². The summed E-state index contributed by atoms with van der Waals surface area (Å²) in [6.07, 6.45) is 1.22. The van der Waals surface area contributed by atoms with Gasteiger partial charge in [0.25, 0.3) is 5.56 Å². The predicted octanol–water partition coefficient (Wildman–Crippen LogP) is 3.57. The lowest BCUT2D eigenvalue weighted by atomic mass is 10.0. The van der Waals surface area contributed by atoms with Gasteiger partial charge in [0.15, 0.2) is 0 Å². The summed E-state index contributed by atoms with van der Waals surface area (Å²) in [5.41, 5.74) is 1.21. The summed E-state index contributed by atoms with van der Waals surface area (Å²) < 4.78 is 25.3. The van der Waals surface area contributed by atoms with Crippen molar-refractivity contribution in [1.29, 1.82) is 0 Å². The summed E-state index contributed by atoms with van der Waals surface area (Å²) in [7, 11) is 1.67. The SMILES string of the molecule is [2H]C([2H])([2H])c1cc(C(C)Nc2ccccc2C(=O)O)c2nc(N3CC4CC4C3)n(C)c(=O)c2c1. The fourth-order valence-corrected chi connectivity index (χ4v) is 4.67. The summed E-state index contributed by atoms with van der Waals surface area (Å²) in [6, 6.07) is 8.97. The number of aromatic carboxylic acids is 1. The van der Waals surface area contributed by atoms with E-state index in [-0.39, 0.29) is 22.1 Å². The van der Waals surface area contributed by atoms with Gasteiger partial charge in [0.2, 0.25) is 5.95 Å². The quantitative estimate of drug-likeness (QED) is 0.655. The second-order valence-electron chi connectivity index (χ2n) is 8.62. The Balaban J connectivity index is 1.66. The van der Waals surface area contributed by atoms with Crippen LogP contribution in [0.4, 0.5) is 11.6 Å². The molecule has 2 N–H and O–H groups in total. The average molecular weight is 422 g/mol. The number of carboxylic acids is 1. The topological polar surface area (TPSA) is 87.5 Å². The number of para-hydroxylation sites is 1. The molecule has 0 spiro atoms. The lowest BCUT2D eigenvalue weighted by Crippen LogP contribution is -2.31. The molecule has 5 rings (SSSR count). The molecule has 7 nitrogen and oxygen atoms in total. The Hall–Kier alpha value is -3.35. The smallest absolute Gasteiger partial charge is 0.337 e. The van der Waals surface area contributed by atoms with Crippen LogP contribution >= 0.6 is 0 Å². The maximum atomic E-state index is 13.4. The van der Waals surface area contributed by atoms with Crippen molar-refractivity contribution in [1.82, 2.24) is 9.55 Å². The molecule has 1 aliphatic heterocycles. The lowest BCUT2D eigenvalue weighted by molar-refractivity contribution is 0.0698. The minimum atomic E-state index is -2.42. The Labute approximate surface area is 184 Å². The minimum Gasteiger partial charge on any atom is -0.478 e. The third-order valence-electron chi connectivity index (χ3n) is 6.44. The molecule has 2 aliphatic rings. The van der Waals surface area contributed by atoms with Crippen LogP contribution < -0.4 is 15.8 Å². The molecule has 1 saturated heterocycles. The van der Waals surface area contributed by atoms with Gasteiger partial charge in [-0.1, -0.05) is 18.2 Å². The molecule has 7 heteroatoms. The van der Waals surface area contributed by atoms with Crippen LogP contribution in [0.3, 0.4) is 0 Å². The van der Waals surface area contributed by atoms with E-state index < -0.39 is 18.9 Å². The summed E-state index contributed by atoms with van der Waals surface area (Å²) in [5.74, 6) is 0.806. The van der Waals surface area contributed by atoms with Crippen LogP contribution in [0.2, 0.25) is 0 Å². The number of piperidine rings is 1. The van der Waals surface area contributed by atoms with Gasteiger partial charge in [-0.3, -0.25) is 9.36 Å². The van der Waals surface area contributed by atoms with Crippen LogP contribution in [0.15, 0.2) is 41.2 Å². The summed E-state index contributed by atoms with van der Waals surface area (Å²) in [4.78, 5) is 32.0. The standard InChI is InChI=1S/C24H26N4O3/c1-13-8-18(14(2)25-20-7-5-4-6-17(20)23(30)31)21-19(9-13)22(29)27(3)24(26-21)28-11-15-10-16(15)12-28/h4-9,14-16,25H,10-12H2,1-3H3,(H,30,31)/i1D3. The Kier molecular flexibility index (Phi) is 3.75. The van der Waals surface area contributed by atoms with Crippen LogP contribution in [0.5, 0.6) is 0 Å². The molecule has 3 atom stereocenters. The zero-order valence-electron chi connectivity index (χ0n) is 20.4. The number of hydrogen-bond acceptors (Lipinski definition) is 5. The van der Waals surface area contributed by atoms with E-state index >= 15 is 0 Å². The number of benzene rings is 2. The number of aromatic nitrogens is 2. The molecule has 2 fully saturated rings. The third kappa shape index (κ3) is 3.34. The Morgan fingerprint density at radius 2 is 2.03 bits per heavy atom. The van der Waals surface area contributed by atoms with E-state index in [1.54, 1.807) is 38.2 Å². The lowest BCUT2D eigenvalue weighted by Gasteiger charge is -2.24. The first kappa shape index (κ1) is 16.4. The van der Waals surface area contributed by atoms with Crippen molar-refractivity contribution >= 4 is 28.5 Å². The maximum Gasteiger partial charge on any atom is 0.337 e. The molecule has 0 radical (unpaired) electrons. The molecule has 1 aliphatic carbocycles. The van der Waals surface area contributed by atoms with Crippen molar-refractivity contribution in [3.63, 3.8) is 0 Å². The summed E-state index contributed by atoms with van der Waals surface area (Å²) >= 11 is 0. The molecular weight excluding hydrogens is 392 g/mol. The number of fused-ring (bicyclic) bond motifs is 2. The summed E-state index contributed by atoms with van der Waals surface area (Å²) in [6.45, 7) is 1.11. The Bertz CT molecular complexity index is 1360. The fraction of sp³-hybridized carbons (Fsp3) is 0.375. The zero-order valence-corrected chi connectivity index (χ0v) is 17.4. The first-order valence-electron chi connectivity index (χ1n) is 11.9. The number of rotatable bonds is 5. The number of carboxylic acid groups (broad SMARTS) is 1. The van der Waals surface area contributed by atoms with Gasteiger partial charge in [-0.2, -0.15) is 0 Å². The molecule has 1 aromatic heterocycles. The van der Waals surface area contributed by atoms with Crippen molar-refractivity contribution < 1.29 is 14.0 Å². The number of carbonyl (C=O) groups is 1. The Morgan fingerprint density at radius 1 is 1.29 bits per heavy atom. The molecule has 3 unspecified atom stereocenters. The number of anilines is 2. The van der Waals surface area contributed by atoms with Gasteiger partial charge < -0.3 is 15.3 Å². The van der Waals surface area contributed by atoms with Gasteiger partial charge in [0, 0.05) is 35.5 Å². The fourth-order valence-electron chi connectivity index (χ4n) is 4.67. The largest absolute Gasteiger partial charge is 0.478 e. The highest BCUT2D eigenvalue weighted by atomic mass is 16.4. The van der Waals surface area contributed by atoms with E-state index in [4.69, 9.17) is 9.10 Å². The first-order valence-corrected chi connectivity index (χ1v) is 10.4. The molecule has 31 heavy (non-hydrogen) atoms. The second kappa shape index (κ2) is 7.11. The molecule has 1 saturated carbocycles. The van der Waals surface area contributed by atoms with E-state index in [1.807, 2.05) is 0 Å². The predicted molar refractivity (Wildman–Crippen MR) is 121 cm³/mol. The van der Waals surface area contributed by atoms with Crippen molar-refractivity contribution in [2.24, 2.45) is 18.9 Å². The highest BCUT2D eigenvalue weighted by Gasteiger charge is 2.46. The molecule has 160 valence electrons. The van der Waals surface area contributed by atoms with E-state index in [9.17, 15) is 14.7 Å². The normalized spacial score (nSPS) is 22.4. The highest BCUT2D eigenvalue weighted by Crippen LogP contribution is 2.46. The molecular formula is C24H26N4O3. The van der Waals surface area contributed by atoms with Crippen LogP contribution in [0, 0.1) is 18.7 Å².